The summed E-state index contributed by atoms with van der Waals surface area (Å²) in [5, 5.41) is 0. The van der Waals surface area contributed by atoms with Crippen molar-refractivity contribution in [3.05, 3.63) is 0 Å². The molecule has 2 N–H and O–H groups in total. The summed E-state index contributed by atoms with van der Waals surface area (Å²) in [7, 11) is -9.12. The van der Waals surface area contributed by atoms with Crippen LogP contribution in [0.1, 0.15) is 0 Å². The zero-order chi connectivity index (χ0) is 19.9. The van der Waals surface area contributed by atoms with E-state index in [1.54, 1.807) is 0 Å². The van der Waals surface area contributed by atoms with Crippen LogP contribution in [0.3, 0.4) is 0 Å². The number of hydrogen-bond acceptors (Lipinski definition) is 3. The fourth-order valence-corrected chi connectivity index (χ4v) is 3.61. The second kappa shape index (κ2) is 4.54. The molecule has 0 unspecified atom stereocenters. The van der Waals surface area contributed by atoms with Gasteiger partial charge in [0.15, 0.2) is 0 Å². The van der Waals surface area contributed by atoms with E-state index in [0.717, 1.165) is 0 Å². The van der Waals surface area contributed by atoms with Crippen LogP contribution in [-0.4, -0.2) is 35.9 Å². The summed E-state index contributed by atoms with van der Waals surface area (Å²) in [6.45, 7) is 0. The first kappa shape index (κ1) is 21.4. The van der Waals surface area contributed by atoms with Gasteiger partial charge in [0.2, 0.25) is 0 Å². The van der Waals surface area contributed by atoms with Crippen molar-refractivity contribution >= 4 is 7.83 Å². The van der Waals surface area contributed by atoms with Crippen LogP contribution in [0.15, 0.2) is 0 Å². The van der Waals surface area contributed by atoms with Gasteiger partial charge in [-0.05, 0) is 0 Å². The molecule has 0 aromatic rings. The maximum absolute atomic E-state index is 13.2. The molecular weight excluding hydrogens is 415 g/mol. The number of hydrogen-bond donors (Lipinski definition) is 1. The van der Waals surface area contributed by atoms with Crippen LogP contribution < -0.4 is 5.50 Å². The third kappa shape index (κ3) is 2.59. The van der Waals surface area contributed by atoms with Crippen LogP contribution in [0, 0.1) is 0 Å². The number of rotatable bonds is 0. The van der Waals surface area contributed by atoms with Crippen molar-refractivity contribution in [1.29, 1.82) is 0 Å². The quantitative estimate of drug-likeness (QED) is 0.456. The van der Waals surface area contributed by atoms with Gasteiger partial charge in [-0.1, -0.05) is 0 Å². The summed E-state index contributed by atoms with van der Waals surface area (Å²) in [6.07, 6.45) is -30.8. The van der Waals surface area contributed by atoms with Crippen molar-refractivity contribution in [1.82, 2.24) is 0 Å². The zero-order valence-corrected chi connectivity index (χ0v) is 11.0. The standard InChI is InChI=1S/C6H2F14NO2P/c7-3(8,9)1(4(10,11)12)2(5(13,14)15,6(16,17)18)23-24(19,20,21)22-1/h21H2. The van der Waals surface area contributed by atoms with Crippen LogP contribution in [0.4, 0.5) is 61.1 Å². The van der Waals surface area contributed by atoms with Gasteiger partial charge in [-0.25, -0.2) is 0 Å². The van der Waals surface area contributed by atoms with Crippen LogP contribution in [0.5, 0.6) is 0 Å². The summed E-state index contributed by atoms with van der Waals surface area (Å²) < 4.78 is 183. The third-order valence-electron chi connectivity index (χ3n) is 2.68. The molecule has 146 valence electrons. The molecule has 0 atom stereocenters. The predicted molar refractivity (Wildman–Crippen MR) is 45.2 cm³/mol. The van der Waals surface area contributed by atoms with Crippen LogP contribution >= 0.6 is 7.83 Å². The van der Waals surface area contributed by atoms with E-state index >= 15 is 0 Å². The summed E-state index contributed by atoms with van der Waals surface area (Å²) in [4.78, 5) is 0. The number of halogens is 14. The average Bonchev–Trinajstić information content (AvgIpc) is 2.40. The molecule has 1 rings (SSSR count). The maximum atomic E-state index is 13.2. The molecule has 1 aliphatic rings. The molecule has 1 saturated heterocycles. The molecule has 1 fully saturated rings. The molecule has 0 spiro atoms. The van der Waals surface area contributed by atoms with Crippen LogP contribution in [0.2, 0.25) is 0 Å². The molecular formula is C6H2F14NO2P. The summed E-state index contributed by atoms with van der Waals surface area (Å²) in [5.41, 5.74) is -11.6. The van der Waals surface area contributed by atoms with Crippen LogP contribution in [-0.2, 0) is 9.05 Å². The second-order valence-electron chi connectivity index (χ2n) is 4.36. The Morgan fingerprint density at radius 1 is 0.542 bits per heavy atom. The molecule has 1 aliphatic heterocycles. The second-order valence-corrected chi connectivity index (χ2v) is 6.36. The summed E-state index contributed by atoms with van der Waals surface area (Å²) >= 11 is 0. The molecule has 0 radical (unpaired) electrons. The van der Waals surface area contributed by atoms with Crippen molar-refractivity contribution in [3.63, 3.8) is 0 Å². The van der Waals surface area contributed by atoms with Crippen molar-refractivity contribution in [2.45, 2.75) is 35.9 Å². The Labute approximate surface area is 121 Å². The van der Waals surface area contributed by atoms with Crippen molar-refractivity contribution in [2.24, 2.45) is 5.50 Å². The van der Waals surface area contributed by atoms with Gasteiger partial charge in [0.05, 0.1) is 0 Å². The van der Waals surface area contributed by atoms with Crippen molar-refractivity contribution in [3.8, 4) is 0 Å². The minimum absolute atomic E-state index is 1.98. The molecule has 24 heavy (non-hydrogen) atoms. The van der Waals surface area contributed by atoms with Gasteiger partial charge in [0.1, 0.15) is 0 Å². The summed E-state index contributed by atoms with van der Waals surface area (Å²) in [6, 6.07) is 0. The Hall–Kier alpha value is -0.670. The van der Waals surface area contributed by atoms with Gasteiger partial charge in [-0.3, -0.25) is 0 Å². The van der Waals surface area contributed by atoms with E-state index in [1.165, 1.54) is 0 Å². The van der Waals surface area contributed by atoms with E-state index in [9.17, 15) is 61.1 Å². The zero-order valence-electron chi connectivity index (χ0n) is 10.1. The molecule has 0 aliphatic carbocycles. The van der Waals surface area contributed by atoms with Gasteiger partial charge in [0.25, 0.3) is 0 Å². The van der Waals surface area contributed by atoms with E-state index in [1.807, 2.05) is 9.05 Å². The summed E-state index contributed by atoms with van der Waals surface area (Å²) in [5.74, 6) is 0. The molecule has 0 aromatic heterocycles. The SMILES string of the molecule is NP1(F)(F)OC(C(F)(F)F)(C(F)(F)F)C(C(F)(F)F)(C(F)(F)F)O1. The van der Waals surface area contributed by atoms with E-state index < -0.39 is 43.7 Å². The molecule has 0 amide bonds. The Bertz CT molecular complexity index is 447. The Morgan fingerprint density at radius 3 is 0.833 bits per heavy atom. The van der Waals surface area contributed by atoms with E-state index in [0.29, 0.717) is 0 Å². The predicted octanol–water partition coefficient (Wildman–Crippen LogP) is 4.79. The molecule has 0 aromatic carbocycles. The minimum atomic E-state index is -9.12. The fraction of sp³-hybridized carbons (Fsp3) is 1.00. The Balaban J connectivity index is 4.16. The van der Waals surface area contributed by atoms with Gasteiger partial charge in [-0.2, -0.15) is 0 Å². The van der Waals surface area contributed by atoms with E-state index in [-0.39, 0.29) is 0 Å². The Kier molecular flexibility index (Phi) is 4.04. The molecule has 3 nitrogen and oxygen atoms in total. The van der Waals surface area contributed by atoms with Crippen molar-refractivity contribution in [2.75, 3.05) is 0 Å². The van der Waals surface area contributed by atoms with Crippen molar-refractivity contribution < 1.29 is 70.1 Å². The fourth-order valence-electron chi connectivity index (χ4n) is 1.95. The van der Waals surface area contributed by atoms with Crippen LogP contribution in [0.25, 0.3) is 0 Å². The number of alkyl halides is 12. The van der Waals surface area contributed by atoms with Gasteiger partial charge < -0.3 is 0 Å². The first-order chi connectivity index (χ1) is 9.93. The number of nitrogens with two attached hydrogens (primary N) is 1. The molecule has 1 heterocycles. The van der Waals surface area contributed by atoms with E-state index in [4.69, 9.17) is 0 Å². The monoisotopic (exact) mass is 417 g/mol. The topological polar surface area (TPSA) is 44.5 Å². The van der Waals surface area contributed by atoms with Gasteiger partial charge in [0, 0.05) is 0 Å². The average molecular weight is 417 g/mol. The normalized spacial score (nSPS) is 28.2. The van der Waals surface area contributed by atoms with E-state index in [2.05, 4.69) is 5.50 Å². The first-order valence-electron chi connectivity index (χ1n) is 4.89. The van der Waals surface area contributed by atoms with Gasteiger partial charge in [-0.15, -0.1) is 0 Å². The van der Waals surface area contributed by atoms with Gasteiger partial charge >= 0.3 is 119 Å². The third-order valence-corrected chi connectivity index (χ3v) is 3.87. The Morgan fingerprint density at radius 2 is 0.708 bits per heavy atom. The molecule has 0 saturated carbocycles. The molecule has 0 bridgehead atoms. The molecule has 18 heteroatoms. The first-order valence-corrected chi connectivity index (χ1v) is 6.81.